The Balaban J connectivity index is 1.83. The summed E-state index contributed by atoms with van der Waals surface area (Å²) in [5.74, 6) is -0.310. The number of nitrogens with zero attached hydrogens (tertiary/aromatic N) is 1. The molecule has 0 aliphatic rings. The summed E-state index contributed by atoms with van der Waals surface area (Å²) in [5, 5.41) is 9.18. The molecule has 0 atom stereocenters. The first kappa shape index (κ1) is 13.2. The first-order valence-corrected chi connectivity index (χ1v) is 6.44. The molecule has 0 radical (unpaired) electrons. The second-order valence-electron chi connectivity index (χ2n) is 4.67. The normalized spacial score (nSPS) is 10.7. The molecule has 0 aliphatic carbocycles. The van der Waals surface area contributed by atoms with E-state index in [2.05, 4.69) is 4.98 Å². The van der Waals surface area contributed by atoms with Gasteiger partial charge in [-0.15, -0.1) is 0 Å². The zero-order valence-corrected chi connectivity index (χ0v) is 11.4. The lowest BCUT2D eigenvalue weighted by Gasteiger charge is -2.07. The third-order valence-electron chi connectivity index (χ3n) is 3.05. The van der Waals surface area contributed by atoms with Gasteiger partial charge >= 0.3 is 5.97 Å². The lowest BCUT2D eigenvalue weighted by Crippen LogP contribution is -2.04. The minimum absolute atomic E-state index is 0.0814. The van der Waals surface area contributed by atoms with Crippen molar-refractivity contribution >= 4 is 17.1 Å². The van der Waals surface area contributed by atoms with Crippen molar-refractivity contribution in [1.29, 1.82) is 0 Å². The van der Waals surface area contributed by atoms with Crippen LogP contribution in [0.25, 0.3) is 11.1 Å². The van der Waals surface area contributed by atoms with Crippen molar-refractivity contribution in [2.75, 3.05) is 0 Å². The highest BCUT2D eigenvalue weighted by molar-refractivity contribution is 5.91. The largest absolute Gasteiger partial charge is 0.483 e. The molecule has 5 nitrogen and oxygen atoms in total. The van der Waals surface area contributed by atoms with Gasteiger partial charge in [-0.1, -0.05) is 23.8 Å². The molecule has 0 bridgehead atoms. The number of rotatable bonds is 4. The number of hydrogen-bond acceptors (Lipinski definition) is 4. The Labute approximate surface area is 120 Å². The zero-order valence-electron chi connectivity index (χ0n) is 11.4. The highest BCUT2D eigenvalue weighted by atomic mass is 16.5. The number of para-hydroxylation sites is 2. The highest BCUT2D eigenvalue weighted by Gasteiger charge is 2.13. The van der Waals surface area contributed by atoms with Crippen LogP contribution in [0.15, 0.2) is 46.9 Å². The molecule has 0 saturated heterocycles. The summed E-state index contributed by atoms with van der Waals surface area (Å²) in [5.41, 5.74) is 2.42. The summed E-state index contributed by atoms with van der Waals surface area (Å²) in [4.78, 5) is 15.5. The van der Waals surface area contributed by atoms with Crippen molar-refractivity contribution in [2.45, 2.75) is 13.5 Å². The maximum Gasteiger partial charge on any atom is 0.339 e. The summed E-state index contributed by atoms with van der Waals surface area (Å²) in [6, 6.07) is 12.4. The Morgan fingerprint density at radius 3 is 2.86 bits per heavy atom. The lowest BCUT2D eigenvalue weighted by atomic mass is 10.1. The van der Waals surface area contributed by atoms with Crippen LogP contribution in [0, 0.1) is 6.92 Å². The Kier molecular flexibility index (Phi) is 3.31. The van der Waals surface area contributed by atoms with E-state index in [1.807, 2.05) is 31.2 Å². The van der Waals surface area contributed by atoms with Crippen LogP contribution in [-0.4, -0.2) is 16.1 Å². The first-order valence-electron chi connectivity index (χ1n) is 6.44. The number of carboxylic acids is 1. The Hall–Kier alpha value is -2.82. The van der Waals surface area contributed by atoms with Gasteiger partial charge in [-0.3, -0.25) is 0 Å². The van der Waals surface area contributed by atoms with E-state index in [4.69, 9.17) is 9.15 Å². The van der Waals surface area contributed by atoms with Crippen LogP contribution in [0.2, 0.25) is 0 Å². The van der Waals surface area contributed by atoms with E-state index in [0.29, 0.717) is 17.2 Å². The molecule has 1 heterocycles. The highest BCUT2D eigenvalue weighted by Crippen LogP contribution is 2.22. The SMILES string of the molecule is Cc1ccc(OCc2nc3ccccc3o2)c(C(=O)O)c1. The molecular weight excluding hydrogens is 270 g/mol. The molecule has 3 aromatic rings. The number of hydrogen-bond donors (Lipinski definition) is 1. The smallest absolute Gasteiger partial charge is 0.339 e. The van der Waals surface area contributed by atoms with Crippen LogP contribution in [0.1, 0.15) is 21.8 Å². The number of ether oxygens (including phenoxy) is 1. The zero-order chi connectivity index (χ0) is 14.8. The van der Waals surface area contributed by atoms with Gasteiger partial charge in [-0.05, 0) is 31.2 Å². The van der Waals surface area contributed by atoms with E-state index in [1.165, 1.54) is 0 Å². The average molecular weight is 283 g/mol. The number of fused-ring (bicyclic) bond motifs is 1. The second-order valence-corrected chi connectivity index (χ2v) is 4.67. The predicted octanol–water partition coefficient (Wildman–Crippen LogP) is 3.41. The van der Waals surface area contributed by atoms with Gasteiger partial charge in [0.1, 0.15) is 16.8 Å². The van der Waals surface area contributed by atoms with Crippen molar-refractivity contribution in [1.82, 2.24) is 4.98 Å². The van der Waals surface area contributed by atoms with Gasteiger partial charge < -0.3 is 14.3 Å². The molecule has 1 N–H and O–H groups in total. The number of benzene rings is 2. The van der Waals surface area contributed by atoms with E-state index in [9.17, 15) is 9.90 Å². The van der Waals surface area contributed by atoms with Crippen LogP contribution in [0.5, 0.6) is 5.75 Å². The Morgan fingerprint density at radius 1 is 1.29 bits per heavy atom. The molecule has 2 aromatic carbocycles. The third kappa shape index (κ3) is 2.72. The molecule has 106 valence electrons. The molecule has 1 aromatic heterocycles. The third-order valence-corrected chi connectivity index (χ3v) is 3.05. The van der Waals surface area contributed by atoms with Gasteiger partial charge in [0.2, 0.25) is 5.89 Å². The van der Waals surface area contributed by atoms with Crippen LogP contribution < -0.4 is 4.74 Å². The number of carbonyl (C=O) groups is 1. The van der Waals surface area contributed by atoms with Gasteiger partial charge in [0.25, 0.3) is 0 Å². The molecule has 0 unspecified atom stereocenters. The summed E-state index contributed by atoms with van der Waals surface area (Å²) < 4.78 is 11.1. The molecule has 0 spiro atoms. The predicted molar refractivity (Wildman–Crippen MR) is 76.5 cm³/mol. The molecule has 0 amide bonds. The maximum absolute atomic E-state index is 11.2. The number of aryl methyl sites for hydroxylation is 1. The molecule has 0 saturated carbocycles. The molecular formula is C16H13NO4. The van der Waals surface area contributed by atoms with Gasteiger partial charge in [-0.2, -0.15) is 0 Å². The van der Waals surface area contributed by atoms with Gasteiger partial charge in [-0.25, -0.2) is 9.78 Å². The minimum Gasteiger partial charge on any atom is -0.483 e. The monoisotopic (exact) mass is 283 g/mol. The summed E-state index contributed by atoms with van der Waals surface area (Å²) >= 11 is 0. The van der Waals surface area contributed by atoms with Crippen molar-refractivity contribution in [3.05, 3.63) is 59.5 Å². The van der Waals surface area contributed by atoms with Crippen molar-refractivity contribution in [2.24, 2.45) is 0 Å². The Morgan fingerprint density at radius 2 is 2.10 bits per heavy atom. The lowest BCUT2D eigenvalue weighted by molar-refractivity contribution is 0.0691. The molecule has 5 heteroatoms. The van der Waals surface area contributed by atoms with Crippen molar-refractivity contribution in [3.63, 3.8) is 0 Å². The number of oxazole rings is 1. The minimum atomic E-state index is -1.02. The fourth-order valence-corrected chi connectivity index (χ4v) is 2.06. The molecule has 0 fully saturated rings. The number of aromatic carboxylic acids is 1. The molecule has 21 heavy (non-hydrogen) atoms. The maximum atomic E-state index is 11.2. The topological polar surface area (TPSA) is 72.6 Å². The van der Waals surface area contributed by atoms with Gasteiger partial charge in [0, 0.05) is 0 Å². The van der Waals surface area contributed by atoms with Crippen molar-refractivity contribution in [3.8, 4) is 5.75 Å². The van der Waals surface area contributed by atoms with Crippen molar-refractivity contribution < 1.29 is 19.1 Å². The molecule has 0 aliphatic heterocycles. The fourth-order valence-electron chi connectivity index (χ4n) is 2.06. The van der Waals surface area contributed by atoms with Crippen LogP contribution in [0.3, 0.4) is 0 Å². The first-order chi connectivity index (χ1) is 10.1. The Bertz CT molecular complexity index is 774. The van der Waals surface area contributed by atoms with Gasteiger partial charge in [0.05, 0.1) is 0 Å². The summed E-state index contributed by atoms with van der Waals surface area (Å²) in [6.07, 6.45) is 0. The second kappa shape index (κ2) is 5.28. The van der Waals surface area contributed by atoms with Crippen LogP contribution in [0.4, 0.5) is 0 Å². The molecule has 3 rings (SSSR count). The summed E-state index contributed by atoms with van der Waals surface area (Å²) in [7, 11) is 0. The van der Waals surface area contributed by atoms with E-state index in [-0.39, 0.29) is 12.2 Å². The van der Waals surface area contributed by atoms with E-state index < -0.39 is 5.97 Å². The van der Waals surface area contributed by atoms with Gasteiger partial charge in [0.15, 0.2) is 12.2 Å². The van der Waals surface area contributed by atoms with E-state index >= 15 is 0 Å². The summed E-state index contributed by atoms with van der Waals surface area (Å²) in [6.45, 7) is 1.91. The quantitative estimate of drug-likeness (QED) is 0.794. The van der Waals surface area contributed by atoms with E-state index in [0.717, 1.165) is 11.1 Å². The standard InChI is InChI=1S/C16H13NO4/c1-10-6-7-13(11(8-10)16(18)19)20-9-15-17-12-4-2-3-5-14(12)21-15/h2-8H,9H2,1H3,(H,18,19). The number of aromatic nitrogens is 1. The fraction of sp³-hybridized carbons (Fsp3) is 0.125. The van der Waals surface area contributed by atoms with Crippen LogP contribution >= 0.6 is 0 Å². The number of carboxylic acid groups (broad SMARTS) is 1. The van der Waals surface area contributed by atoms with E-state index in [1.54, 1.807) is 18.2 Å². The average Bonchev–Trinajstić information content (AvgIpc) is 2.88. The van der Waals surface area contributed by atoms with Crippen LogP contribution in [-0.2, 0) is 6.61 Å².